The Morgan fingerprint density at radius 2 is 2.10 bits per heavy atom. The van der Waals surface area contributed by atoms with Gasteiger partial charge in [0.15, 0.2) is 0 Å². The molecule has 3 rings (SSSR count). The van der Waals surface area contributed by atoms with Crippen molar-refractivity contribution in [3.05, 3.63) is 47.8 Å². The standard InChI is InChI=1S/C17H21N3O/c1-13-15(6-5-11-18-17(21)14-9-10-14)12-20(19-13)16-7-3-2-4-8-16/h2-4,7-8,12,14H,5-6,9-11H2,1H3,(H,18,21). The number of carbonyl (C=O) groups excluding carboxylic acids is 1. The van der Waals surface area contributed by atoms with Gasteiger partial charge in [-0.25, -0.2) is 4.68 Å². The lowest BCUT2D eigenvalue weighted by Crippen LogP contribution is -2.26. The smallest absolute Gasteiger partial charge is 0.223 e. The Bertz CT molecular complexity index is 614. The molecule has 0 radical (unpaired) electrons. The minimum Gasteiger partial charge on any atom is -0.356 e. The fraction of sp³-hybridized carbons (Fsp3) is 0.412. The first-order valence-electron chi connectivity index (χ1n) is 7.62. The SMILES string of the molecule is Cc1nn(-c2ccccc2)cc1CCCNC(=O)C1CC1. The molecule has 1 aliphatic rings. The molecule has 110 valence electrons. The van der Waals surface area contributed by atoms with Crippen molar-refractivity contribution in [2.45, 2.75) is 32.6 Å². The fourth-order valence-corrected chi connectivity index (χ4v) is 2.43. The Morgan fingerprint density at radius 3 is 2.81 bits per heavy atom. The van der Waals surface area contributed by atoms with Crippen LogP contribution in [0, 0.1) is 12.8 Å². The zero-order valence-corrected chi connectivity index (χ0v) is 12.4. The van der Waals surface area contributed by atoms with E-state index in [4.69, 9.17) is 0 Å². The lowest BCUT2D eigenvalue weighted by molar-refractivity contribution is -0.122. The second-order valence-electron chi connectivity index (χ2n) is 5.69. The molecule has 1 aliphatic carbocycles. The zero-order chi connectivity index (χ0) is 14.7. The average Bonchev–Trinajstić information content (AvgIpc) is 3.29. The summed E-state index contributed by atoms with van der Waals surface area (Å²) in [6, 6.07) is 10.1. The van der Waals surface area contributed by atoms with Crippen LogP contribution in [0.4, 0.5) is 0 Å². The summed E-state index contributed by atoms with van der Waals surface area (Å²) < 4.78 is 1.92. The molecule has 0 atom stereocenters. The van der Waals surface area contributed by atoms with E-state index in [0.717, 1.165) is 43.6 Å². The molecular weight excluding hydrogens is 262 g/mol. The van der Waals surface area contributed by atoms with Gasteiger partial charge in [0.25, 0.3) is 0 Å². The van der Waals surface area contributed by atoms with E-state index in [1.807, 2.05) is 41.9 Å². The Hall–Kier alpha value is -2.10. The van der Waals surface area contributed by atoms with Crippen molar-refractivity contribution in [3.63, 3.8) is 0 Å². The lowest BCUT2D eigenvalue weighted by Gasteiger charge is -2.03. The van der Waals surface area contributed by atoms with E-state index in [2.05, 4.69) is 16.6 Å². The summed E-state index contributed by atoms with van der Waals surface area (Å²) in [5.74, 6) is 0.527. The number of benzene rings is 1. The van der Waals surface area contributed by atoms with Crippen LogP contribution in [0.25, 0.3) is 5.69 Å². The molecular formula is C17H21N3O. The highest BCUT2D eigenvalue weighted by Gasteiger charge is 2.28. The van der Waals surface area contributed by atoms with Gasteiger partial charge in [0.05, 0.1) is 11.4 Å². The normalized spacial score (nSPS) is 14.1. The van der Waals surface area contributed by atoms with E-state index in [9.17, 15) is 4.79 Å². The Morgan fingerprint density at radius 1 is 1.33 bits per heavy atom. The van der Waals surface area contributed by atoms with Crippen molar-refractivity contribution in [1.29, 1.82) is 0 Å². The monoisotopic (exact) mass is 283 g/mol. The molecule has 0 spiro atoms. The summed E-state index contributed by atoms with van der Waals surface area (Å²) in [6.45, 7) is 2.79. The van der Waals surface area contributed by atoms with Crippen LogP contribution in [-0.4, -0.2) is 22.2 Å². The molecule has 2 aromatic rings. The van der Waals surface area contributed by atoms with Crippen LogP contribution in [-0.2, 0) is 11.2 Å². The van der Waals surface area contributed by atoms with E-state index in [1.165, 1.54) is 5.56 Å². The largest absolute Gasteiger partial charge is 0.356 e. The van der Waals surface area contributed by atoms with Gasteiger partial charge in [0, 0.05) is 18.7 Å². The maximum Gasteiger partial charge on any atom is 0.223 e. The quantitative estimate of drug-likeness (QED) is 0.828. The molecule has 1 aromatic heterocycles. The van der Waals surface area contributed by atoms with Gasteiger partial charge in [-0.05, 0) is 50.3 Å². The lowest BCUT2D eigenvalue weighted by atomic mass is 10.1. The Labute approximate surface area is 125 Å². The van der Waals surface area contributed by atoms with Crippen LogP contribution >= 0.6 is 0 Å². The number of para-hydroxylation sites is 1. The van der Waals surface area contributed by atoms with E-state index in [0.29, 0.717) is 5.92 Å². The molecule has 4 nitrogen and oxygen atoms in total. The molecule has 0 saturated heterocycles. The first kappa shape index (κ1) is 13.9. The van der Waals surface area contributed by atoms with Gasteiger partial charge in [-0.3, -0.25) is 4.79 Å². The summed E-state index contributed by atoms with van der Waals surface area (Å²) >= 11 is 0. The molecule has 1 N–H and O–H groups in total. The second-order valence-corrected chi connectivity index (χ2v) is 5.69. The number of aromatic nitrogens is 2. The number of amides is 1. The van der Waals surface area contributed by atoms with E-state index in [-0.39, 0.29) is 5.91 Å². The molecule has 0 bridgehead atoms. The van der Waals surface area contributed by atoms with E-state index in [1.54, 1.807) is 0 Å². The predicted molar refractivity (Wildman–Crippen MR) is 82.4 cm³/mol. The molecule has 0 unspecified atom stereocenters. The molecule has 1 heterocycles. The van der Waals surface area contributed by atoms with Crippen molar-refractivity contribution >= 4 is 5.91 Å². The first-order valence-corrected chi connectivity index (χ1v) is 7.62. The summed E-state index contributed by atoms with van der Waals surface area (Å²) in [4.78, 5) is 11.5. The highest BCUT2D eigenvalue weighted by atomic mass is 16.2. The highest BCUT2D eigenvalue weighted by Crippen LogP contribution is 2.28. The van der Waals surface area contributed by atoms with Crippen LogP contribution in [0.2, 0.25) is 0 Å². The van der Waals surface area contributed by atoms with Gasteiger partial charge < -0.3 is 5.32 Å². The van der Waals surface area contributed by atoms with Gasteiger partial charge in [-0.2, -0.15) is 5.10 Å². The number of hydrogen-bond acceptors (Lipinski definition) is 2. The molecule has 0 aliphatic heterocycles. The number of rotatable bonds is 6. The van der Waals surface area contributed by atoms with Crippen LogP contribution in [0.15, 0.2) is 36.5 Å². The minimum absolute atomic E-state index is 0.228. The summed E-state index contributed by atoms with van der Waals surface area (Å²) in [5.41, 5.74) is 3.39. The fourth-order valence-electron chi connectivity index (χ4n) is 2.43. The van der Waals surface area contributed by atoms with Gasteiger partial charge in [0.1, 0.15) is 0 Å². The molecule has 1 fully saturated rings. The summed E-state index contributed by atoms with van der Waals surface area (Å²) in [5, 5.41) is 7.57. The second kappa shape index (κ2) is 6.12. The Balaban J connectivity index is 1.53. The molecule has 1 saturated carbocycles. The number of nitrogens with zero attached hydrogens (tertiary/aromatic N) is 2. The third-order valence-corrected chi connectivity index (χ3v) is 3.89. The number of carbonyl (C=O) groups is 1. The maximum atomic E-state index is 11.5. The van der Waals surface area contributed by atoms with E-state index < -0.39 is 0 Å². The zero-order valence-electron chi connectivity index (χ0n) is 12.4. The molecule has 1 aromatic carbocycles. The van der Waals surface area contributed by atoms with Crippen LogP contribution in [0.3, 0.4) is 0 Å². The van der Waals surface area contributed by atoms with Crippen molar-refractivity contribution in [2.75, 3.05) is 6.54 Å². The van der Waals surface area contributed by atoms with Gasteiger partial charge in [-0.15, -0.1) is 0 Å². The maximum absolute atomic E-state index is 11.5. The van der Waals surface area contributed by atoms with Crippen molar-refractivity contribution in [2.24, 2.45) is 5.92 Å². The summed E-state index contributed by atoms with van der Waals surface area (Å²) in [7, 11) is 0. The van der Waals surface area contributed by atoms with E-state index >= 15 is 0 Å². The number of hydrogen-bond donors (Lipinski definition) is 1. The van der Waals surface area contributed by atoms with Crippen LogP contribution in [0.1, 0.15) is 30.5 Å². The first-order chi connectivity index (χ1) is 10.2. The topological polar surface area (TPSA) is 46.9 Å². The summed E-state index contributed by atoms with van der Waals surface area (Å²) in [6.07, 6.45) is 6.13. The van der Waals surface area contributed by atoms with Gasteiger partial charge in [-0.1, -0.05) is 18.2 Å². The van der Waals surface area contributed by atoms with Crippen molar-refractivity contribution < 1.29 is 4.79 Å². The van der Waals surface area contributed by atoms with Crippen molar-refractivity contribution in [3.8, 4) is 5.69 Å². The molecule has 21 heavy (non-hydrogen) atoms. The van der Waals surface area contributed by atoms with Crippen LogP contribution < -0.4 is 5.32 Å². The predicted octanol–water partition coefficient (Wildman–Crippen LogP) is 2.64. The van der Waals surface area contributed by atoms with Crippen LogP contribution in [0.5, 0.6) is 0 Å². The number of aryl methyl sites for hydroxylation is 2. The average molecular weight is 283 g/mol. The third-order valence-electron chi connectivity index (χ3n) is 3.89. The minimum atomic E-state index is 0.228. The van der Waals surface area contributed by atoms with Gasteiger partial charge in [0.2, 0.25) is 5.91 Å². The van der Waals surface area contributed by atoms with Gasteiger partial charge >= 0.3 is 0 Å². The molecule has 4 heteroatoms. The Kier molecular flexibility index (Phi) is 4.04. The third kappa shape index (κ3) is 3.51. The number of nitrogens with one attached hydrogen (secondary N) is 1. The molecule has 1 amide bonds. The van der Waals surface area contributed by atoms with Crippen molar-refractivity contribution in [1.82, 2.24) is 15.1 Å². The highest BCUT2D eigenvalue weighted by molar-refractivity contribution is 5.80.